The number of piperazine rings is 1. The summed E-state index contributed by atoms with van der Waals surface area (Å²) < 4.78 is 0. The predicted molar refractivity (Wildman–Crippen MR) is 114 cm³/mol. The van der Waals surface area contributed by atoms with Crippen LogP contribution in [0.3, 0.4) is 0 Å². The van der Waals surface area contributed by atoms with Crippen LogP contribution in [0.4, 0.5) is 0 Å². The van der Waals surface area contributed by atoms with Crippen LogP contribution in [0, 0.1) is 23.2 Å². The molecule has 0 radical (unpaired) electrons. The maximum atomic E-state index is 13.1. The van der Waals surface area contributed by atoms with Gasteiger partial charge in [-0.2, -0.15) is 0 Å². The lowest BCUT2D eigenvalue weighted by molar-refractivity contribution is -0.141. The van der Waals surface area contributed by atoms with E-state index in [1.54, 1.807) is 0 Å². The quantitative estimate of drug-likeness (QED) is 0.664. The molecule has 5 heteroatoms. The number of rotatable bonds is 4. The Bertz CT molecular complexity index is 701. The average molecular weight is 421 g/mol. The second-order valence-electron chi connectivity index (χ2n) is 9.95. The molecular formula is C23H30Cl2N2O. The topological polar surface area (TPSA) is 23.6 Å². The maximum absolute atomic E-state index is 13.1. The summed E-state index contributed by atoms with van der Waals surface area (Å²) in [7, 11) is 0. The average Bonchev–Trinajstić information content (AvgIpc) is 2.64. The fourth-order valence-electron chi connectivity index (χ4n) is 7.00. The van der Waals surface area contributed by atoms with Crippen molar-refractivity contribution in [3.8, 4) is 0 Å². The van der Waals surface area contributed by atoms with E-state index in [4.69, 9.17) is 23.2 Å². The van der Waals surface area contributed by atoms with Gasteiger partial charge in [0.15, 0.2) is 0 Å². The molecule has 5 fully saturated rings. The predicted octanol–water partition coefficient (Wildman–Crippen LogP) is 5.24. The van der Waals surface area contributed by atoms with Gasteiger partial charge in [0.05, 0.1) is 0 Å². The summed E-state index contributed by atoms with van der Waals surface area (Å²) in [4.78, 5) is 17.6. The van der Waals surface area contributed by atoms with Crippen molar-refractivity contribution in [3.05, 3.63) is 33.8 Å². The van der Waals surface area contributed by atoms with Gasteiger partial charge < -0.3 is 4.90 Å². The zero-order valence-corrected chi connectivity index (χ0v) is 18.0. The van der Waals surface area contributed by atoms with Crippen LogP contribution in [0.1, 0.15) is 50.5 Å². The van der Waals surface area contributed by atoms with E-state index in [0.29, 0.717) is 11.3 Å². The van der Waals surface area contributed by atoms with E-state index < -0.39 is 0 Å². The smallest absolute Gasteiger partial charge is 0.223 e. The van der Waals surface area contributed by atoms with Crippen molar-refractivity contribution in [1.29, 1.82) is 0 Å². The number of carbonyl (C=O) groups is 1. The Labute approximate surface area is 178 Å². The molecule has 4 saturated carbocycles. The van der Waals surface area contributed by atoms with Crippen LogP contribution in [0.5, 0.6) is 0 Å². The van der Waals surface area contributed by atoms with Gasteiger partial charge in [-0.1, -0.05) is 29.3 Å². The highest BCUT2D eigenvalue weighted by atomic mass is 35.5. The minimum Gasteiger partial charge on any atom is -0.340 e. The Balaban J connectivity index is 1.17. The van der Waals surface area contributed by atoms with Crippen molar-refractivity contribution in [2.24, 2.45) is 23.2 Å². The largest absolute Gasteiger partial charge is 0.340 e. The Hall–Kier alpha value is -0.770. The summed E-state index contributed by atoms with van der Waals surface area (Å²) in [6, 6.07) is 5.68. The van der Waals surface area contributed by atoms with Gasteiger partial charge in [0.25, 0.3) is 0 Å². The van der Waals surface area contributed by atoms with Gasteiger partial charge in [-0.3, -0.25) is 9.69 Å². The molecule has 3 nitrogen and oxygen atoms in total. The van der Waals surface area contributed by atoms with Crippen LogP contribution >= 0.6 is 23.2 Å². The summed E-state index contributed by atoms with van der Waals surface area (Å²) in [5.41, 5.74) is 1.34. The van der Waals surface area contributed by atoms with Crippen molar-refractivity contribution >= 4 is 29.1 Å². The third kappa shape index (κ3) is 3.70. The molecule has 1 heterocycles. The molecule has 0 atom stereocenters. The lowest BCUT2D eigenvalue weighted by atomic mass is 9.49. The maximum Gasteiger partial charge on any atom is 0.223 e. The zero-order valence-electron chi connectivity index (χ0n) is 16.5. The first kappa shape index (κ1) is 19.2. The molecule has 0 unspecified atom stereocenters. The van der Waals surface area contributed by atoms with Gasteiger partial charge in [0.2, 0.25) is 5.91 Å². The van der Waals surface area contributed by atoms with Gasteiger partial charge in [-0.25, -0.2) is 0 Å². The summed E-state index contributed by atoms with van der Waals surface area (Å²) in [6.45, 7) is 4.21. The lowest BCUT2D eigenvalue weighted by Crippen LogP contribution is -2.52. The highest BCUT2D eigenvalue weighted by molar-refractivity contribution is 6.35. The number of halogens is 2. The van der Waals surface area contributed by atoms with E-state index in [2.05, 4.69) is 9.80 Å². The minimum absolute atomic E-state index is 0.341. The first-order chi connectivity index (χ1) is 13.5. The summed E-state index contributed by atoms with van der Waals surface area (Å²) in [5, 5.41) is 1.46. The van der Waals surface area contributed by atoms with Crippen LogP contribution in [-0.4, -0.2) is 41.9 Å². The molecule has 4 bridgehead atoms. The van der Waals surface area contributed by atoms with Crippen molar-refractivity contribution in [3.63, 3.8) is 0 Å². The lowest BCUT2D eigenvalue weighted by Gasteiger charge is -2.57. The molecule has 1 saturated heterocycles. The van der Waals surface area contributed by atoms with Gasteiger partial charge >= 0.3 is 0 Å². The molecule has 6 rings (SSSR count). The molecule has 28 heavy (non-hydrogen) atoms. The van der Waals surface area contributed by atoms with Crippen molar-refractivity contribution in [1.82, 2.24) is 9.80 Å². The second kappa shape index (κ2) is 7.49. The van der Waals surface area contributed by atoms with Gasteiger partial charge in [-0.15, -0.1) is 0 Å². The monoisotopic (exact) mass is 420 g/mol. The summed E-state index contributed by atoms with van der Waals surface area (Å²) in [6.07, 6.45) is 9.07. The SMILES string of the molecule is O=C(CC12CC3CC(CC(C3)C1)C2)N1CCN(Cc2c(Cl)cccc2Cl)CC1. The van der Waals surface area contributed by atoms with Gasteiger partial charge in [-0.05, 0) is 73.8 Å². The molecular weight excluding hydrogens is 391 g/mol. The molecule has 1 aromatic rings. The number of benzene rings is 1. The Kier molecular flexibility index (Phi) is 5.13. The van der Waals surface area contributed by atoms with Crippen molar-refractivity contribution in [2.45, 2.75) is 51.5 Å². The summed E-state index contributed by atoms with van der Waals surface area (Å²) >= 11 is 12.6. The Morgan fingerprint density at radius 2 is 1.46 bits per heavy atom. The fourth-order valence-corrected chi connectivity index (χ4v) is 7.52. The van der Waals surface area contributed by atoms with Gasteiger partial charge in [0, 0.05) is 54.8 Å². The number of nitrogens with zero attached hydrogens (tertiary/aromatic N) is 2. The fraction of sp³-hybridized carbons (Fsp3) is 0.696. The van der Waals surface area contributed by atoms with Gasteiger partial charge in [0.1, 0.15) is 0 Å². The van der Waals surface area contributed by atoms with E-state index in [9.17, 15) is 4.79 Å². The van der Waals surface area contributed by atoms with Crippen LogP contribution < -0.4 is 0 Å². The number of amides is 1. The van der Waals surface area contributed by atoms with E-state index in [0.717, 1.165) is 72.5 Å². The first-order valence-corrected chi connectivity index (χ1v) is 11.7. The van der Waals surface area contributed by atoms with Crippen molar-refractivity contribution in [2.75, 3.05) is 26.2 Å². The Morgan fingerprint density at radius 1 is 0.929 bits per heavy atom. The first-order valence-electron chi connectivity index (χ1n) is 10.9. The third-order valence-electron chi connectivity index (χ3n) is 7.86. The zero-order chi connectivity index (χ0) is 19.3. The molecule has 0 spiro atoms. The van der Waals surface area contributed by atoms with Crippen LogP contribution in [-0.2, 0) is 11.3 Å². The molecule has 1 aliphatic heterocycles. The van der Waals surface area contributed by atoms with Crippen molar-refractivity contribution < 1.29 is 4.79 Å². The molecule has 4 aliphatic carbocycles. The summed E-state index contributed by atoms with van der Waals surface area (Å²) in [5.74, 6) is 3.14. The molecule has 5 aliphatic rings. The minimum atomic E-state index is 0.341. The van der Waals surface area contributed by atoms with E-state index in [1.807, 2.05) is 18.2 Å². The molecule has 152 valence electrons. The Morgan fingerprint density at radius 3 is 2.00 bits per heavy atom. The molecule has 0 aromatic heterocycles. The third-order valence-corrected chi connectivity index (χ3v) is 8.57. The van der Waals surface area contributed by atoms with Crippen LogP contribution in [0.15, 0.2) is 18.2 Å². The normalized spacial score (nSPS) is 34.8. The van der Waals surface area contributed by atoms with E-state index >= 15 is 0 Å². The number of hydrogen-bond donors (Lipinski definition) is 0. The van der Waals surface area contributed by atoms with E-state index in [-0.39, 0.29) is 0 Å². The molecule has 1 aromatic carbocycles. The van der Waals surface area contributed by atoms with Crippen LogP contribution in [0.2, 0.25) is 10.0 Å². The highest BCUT2D eigenvalue weighted by Crippen LogP contribution is 2.61. The highest BCUT2D eigenvalue weighted by Gasteiger charge is 2.51. The standard InChI is InChI=1S/C23H30Cl2N2O/c24-20-2-1-3-21(25)19(20)15-26-4-6-27(7-5-26)22(28)14-23-11-16-8-17(12-23)10-18(9-16)13-23/h1-3,16-18H,4-15H2. The number of carbonyl (C=O) groups excluding carboxylic acids is 1. The molecule has 0 N–H and O–H groups in total. The number of hydrogen-bond acceptors (Lipinski definition) is 2. The van der Waals surface area contributed by atoms with Crippen LogP contribution in [0.25, 0.3) is 0 Å². The van der Waals surface area contributed by atoms with E-state index in [1.165, 1.54) is 38.5 Å². The second-order valence-corrected chi connectivity index (χ2v) is 10.8. The molecule has 1 amide bonds.